The minimum Gasteiger partial charge on any atom is -0.507 e. The van der Waals surface area contributed by atoms with Crippen LogP contribution in [0.15, 0.2) is 76.9 Å². The summed E-state index contributed by atoms with van der Waals surface area (Å²) in [6, 6.07) is 16.5. The molecule has 7 heteroatoms. The van der Waals surface area contributed by atoms with E-state index in [4.69, 9.17) is 13.9 Å². The van der Waals surface area contributed by atoms with Crippen LogP contribution in [0, 0.1) is 0 Å². The first kappa shape index (κ1) is 21.2. The zero-order chi connectivity index (χ0) is 22.7. The highest BCUT2D eigenvalue weighted by Gasteiger charge is 2.46. The minimum absolute atomic E-state index is 0.0142. The monoisotopic (exact) mass is 433 g/mol. The Morgan fingerprint density at radius 1 is 1.06 bits per heavy atom. The number of hydrogen-bond donors (Lipinski definition) is 1. The average Bonchev–Trinajstić information content (AvgIpc) is 3.41. The molecule has 2 heterocycles. The number of benzene rings is 2. The third-order valence-corrected chi connectivity index (χ3v) is 5.30. The molecule has 0 saturated carbocycles. The summed E-state index contributed by atoms with van der Waals surface area (Å²) >= 11 is 0. The number of rotatable bonds is 7. The van der Waals surface area contributed by atoms with Crippen molar-refractivity contribution in [2.75, 3.05) is 13.7 Å². The van der Waals surface area contributed by atoms with Crippen molar-refractivity contribution in [1.29, 1.82) is 0 Å². The lowest BCUT2D eigenvalue weighted by atomic mass is 9.95. The smallest absolute Gasteiger partial charge is 0.296 e. The van der Waals surface area contributed by atoms with Crippen LogP contribution >= 0.6 is 0 Å². The summed E-state index contributed by atoms with van der Waals surface area (Å²) in [4.78, 5) is 27.5. The Kier molecular flexibility index (Phi) is 5.98. The van der Waals surface area contributed by atoms with Crippen LogP contribution in [0.1, 0.15) is 29.9 Å². The summed E-state index contributed by atoms with van der Waals surface area (Å²) < 4.78 is 16.1. The van der Waals surface area contributed by atoms with Gasteiger partial charge in [-0.1, -0.05) is 24.3 Å². The summed E-state index contributed by atoms with van der Waals surface area (Å²) in [7, 11) is 1.56. The maximum Gasteiger partial charge on any atom is 0.296 e. The molecule has 1 saturated heterocycles. The molecule has 0 aliphatic carbocycles. The Bertz CT molecular complexity index is 1150. The molecule has 32 heavy (non-hydrogen) atoms. The van der Waals surface area contributed by atoms with E-state index in [0.29, 0.717) is 35.0 Å². The van der Waals surface area contributed by atoms with E-state index in [-0.39, 0.29) is 17.9 Å². The van der Waals surface area contributed by atoms with E-state index in [9.17, 15) is 14.7 Å². The number of carbonyl (C=O) groups excluding carboxylic acids is 2. The van der Waals surface area contributed by atoms with Crippen molar-refractivity contribution in [3.63, 3.8) is 0 Å². The van der Waals surface area contributed by atoms with Crippen LogP contribution in [0.25, 0.3) is 5.76 Å². The lowest BCUT2D eigenvalue weighted by molar-refractivity contribution is -0.140. The van der Waals surface area contributed by atoms with E-state index >= 15 is 0 Å². The highest BCUT2D eigenvalue weighted by atomic mass is 16.5. The number of Topliss-reactive ketones (excluding diaryl/α,β-unsaturated/α-hetero) is 1. The fraction of sp³-hybridized carbons (Fsp3) is 0.200. The van der Waals surface area contributed by atoms with Gasteiger partial charge in [-0.2, -0.15) is 0 Å². The molecule has 1 aliphatic heterocycles. The zero-order valence-electron chi connectivity index (χ0n) is 17.8. The van der Waals surface area contributed by atoms with Crippen molar-refractivity contribution in [3.05, 3.63) is 89.4 Å². The molecule has 3 aromatic rings. The predicted octanol–water partition coefficient (Wildman–Crippen LogP) is 4.31. The van der Waals surface area contributed by atoms with Gasteiger partial charge in [0, 0.05) is 5.56 Å². The molecule has 1 amide bonds. The number of ketones is 1. The number of hydrogen-bond acceptors (Lipinski definition) is 6. The van der Waals surface area contributed by atoms with E-state index in [2.05, 4.69) is 0 Å². The molecule has 1 atom stereocenters. The van der Waals surface area contributed by atoms with Crippen molar-refractivity contribution < 1.29 is 28.6 Å². The van der Waals surface area contributed by atoms with Crippen LogP contribution in [0.2, 0.25) is 0 Å². The Labute approximate surface area is 185 Å². The SMILES string of the molecule is CCOc1cccc(C(O)=C2C(=O)C(=O)N(Cc3ccco3)C2c2ccc(OC)cc2)c1. The third kappa shape index (κ3) is 3.97. The van der Waals surface area contributed by atoms with Gasteiger partial charge in [0.25, 0.3) is 11.7 Å². The maximum absolute atomic E-state index is 13.1. The van der Waals surface area contributed by atoms with Crippen molar-refractivity contribution in [2.45, 2.75) is 19.5 Å². The van der Waals surface area contributed by atoms with E-state index in [1.165, 1.54) is 11.2 Å². The number of ether oxygens (including phenoxy) is 2. The average molecular weight is 433 g/mol. The normalized spacial score (nSPS) is 17.6. The first-order chi connectivity index (χ1) is 15.5. The van der Waals surface area contributed by atoms with Gasteiger partial charge < -0.3 is 23.9 Å². The van der Waals surface area contributed by atoms with Gasteiger partial charge in [-0.3, -0.25) is 9.59 Å². The zero-order valence-corrected chi connectivity index (χ0v) is 17.8. The number of carbonyl (C=O) groups is 2. The van der Waals surface area contributed by atoms with E-state index in [0.717, 1.165) is 0 Å². The van der Waals surface area contributed by atoms with Gasteiger partial charge >= 0.3 is 0 Å². The van der Waals surface area contributed by atoms with E-state index in [1.54, 1.807) is 67.8 Å². The molecule has 1 unspecified atom stereocenters. The maximum atomic E-state index is 13.1. The second kappa shape index (κ2) is 9.01. The molecular weight excluding hydrogens is 410 g/mol. The number of nitrogens with zero attached hydrogens (tertiary/aromatic N) is 1. The molecule has 0 radical (unpaired) electrons. The fourth-order valence-electron chi connectivity index (χ4n) is 3.80. The number of furan rings is 1. The van der Waals surface area contributed by atoms with E-state index < -0.39 is 17.7 Å². The summed E-state index contributed by atoms with van der Waals surface area (Å²) in [5.41, 5.74) is 1.07. The third-order valence-electron chi connectivity index (χ3n) is 5.30. The number of aliphatic hydroxyl groups is 1. The Balaban J connectivity index is 1.84. The van der Waals surface area contributed by atoms with Crippen LogP contribution < -0.4 is 9.47 Å². The molecule has 1 aromatic heterocycles. The molecule has 4 rings (SSSR count). The second-order valence-electron chi connectivity index (χ2n) is 7.24. The van der Waals surface area contributed by atoms with Gasteiger partial charge in [0.15, 0.2) is 0 Å². The Hall–Kier alpha value is -4.00. The summed E-state index contributed by atoms with van der Waals surface area (Å²) in [5.74, 6) is 0.0151. The lowest BCUT2D eigenvalue weighted by Crippen LogP contribution is -2.29. The molecule has 7 nitrogen and oxygen atoms in total. The van der Waals surface area contributed by atoms with Crippen LogP contribution in [-0.2, 0) is 16.1 Å². The standard InChI is InChI=1S/C25H23NO6/c1-3-31-19-7-4-6-17(14-19)23(27)21-22(16-9-11-18(30-2)12-10-16)26(25(29)24(21)28)15-20-8-5-13-32-20/h4-14,22,27H,3,15H2,1-2H3. The number of likely N-dealkylation sites (tertiary alicyclic amines) is 1. The first-order valence-electron chi connectivity index (χ1n) is 10.2. The van der Waals surface area contributed by atoms with Crippen molar-refractivity contribution in [2.24, 2.45) is 0 Å². The molecule has 2 aromatic carbocycles. The van der Waals surface area contributed by atoms with Gasteiger partial charge in [0.2, 0.25) is 0 Å². The predicted molar refractivity (Wildman–Crippen MR) is 117 cm³/mol. The number of amides is 1. The molecule has 1 N–H and O–H groups in total. The molecule has 1 aliphatic rings. The van der Waals surface area contributed by atoms with Crippen LogP contribution in [0.3, 0.4) is 0 Å². The van der Waals surface area contributed by atoms with Gasteiger partial charge in [0.1, 0.15) is 23.0 Å². The highest BCUT2D eigenvalue weighted by molar-refractivity contribution is 6.46. The van der Waals surface area contributed by atoms with Crippen LogP contribution in [0.5, 0.6) is 11.5 Å². The fourth-order valence-corrected chi connectivity index (χ4v) is 3.80. The molecule has 164 valence electrons. The van der Waals surface area contributed by atoms with Crippen molar-refractivity contribution in [3.8, 4) is 11.5 Å². The molecule has 0 spiro atoms. The number of aliphatic hydroxyl groups excluding tert-OH is 1. The van der Waals surface area contributed by atoms with Crippen molar-refractivity contribution in [1.82, 2.24) is 4.90 Å². The van der Waals surface area contributed by atoms with Gasteiger partial charge in [-0.15, -0.1) is 0 Å². The van der Waals surface area contributed by atoms with Gasteiger partial charge in [-0.05, 0) is 48.9 Å². The van der Waals surface area contributed by atoms with Gasteiger partial charge in [0.05, 0.1) is 38.1 Å². The van der Waals surface area contributed by atoms with Crippen LogP contribution in [0.4, 0.5) is 0 Å². The molecule has 1 fully saturated rings. The summed E-state index contributed by atoms with van der Waals surface area (Å²) in [6.45, 7) is 2.41. The minimum atomic E-state index is -0.790. The molecule has 0 bridgehead atoms. The van der Waals surface area contributed by atoms with Crippen molar-refractivity contribution >= 4 is 17.4 Å². The molecular formula is C25H23NO6. The van der Waals surface area contributed by atoms with E-state index in [1.807, 2.05) is 6.92 Å². The highest BCUT2D eigenvalue weighted by Crippen LogP contribution is 2.41. The summed E-state index contributed by atoms with van der Waals surface area (Å²) in [6.07, 6.45) is 1.51. The van der Waals surface area contributed by atoms with Gasteiger partial charge in [-0.25, -0.2) is 0 Å². The second-order valence-corrected chi connectivity index (χ2v) is 7.24. The number of methoxy groups -OCH3 is 1. The lowest BCUT2D eigenvalue weighted by Gasteiger charge is -2.24. The Morgan fingerprint density at radius 3 is 2.50 bits per heavy atom. The largest absolute Gasteiger partial charge is 0.507 e. The summed E-state index contributed by atoms with van der Waals surface area (Å²) in [5, 5.41) is 11.2. The quantitative estimate of drug-likeness (QED) is 0.339. The topological polar surface area (TPSA) is 89.2 Å². The first-order valence-corrected chi connectivity index (χ1v) is 10.2. The Morgan fingerprint density at radius 2 is 1.84 bits per heavy atom. The van der Waals surface area contributed by atoms with Crippen LogP contribution in [-0.4, -0.2) is 35.4 Å².